The van der Waals surface area contributed by atoms with Gasteiger partial charge in [-0.3, -0.25) is 9.89 Å². The van der Waals surface area contributed by atoms with Crippen LogP contribution in [0.25, 0.3) is 0 Å². The van der Waals surface area contributed by atoms with Crippen LogP contribution in [-0.4, -0.2) is 49.1 Å². The lowest BCUT2D eigenvalue weighted by molar-refractivity contribution is 0.173. The lowest BCUT2D eigenvalue weighted by Crippen LogP contribution is -2.45. The zero-order chi connectivity index (χ0) is 15.7. The maximum Gasteiger partial charge on any atom is 0.191 e. The first-order chi connectivity index (χ1) is 10.0. The van der Waals surface area contributed by atoms with Gasteiger partial charge in [0.25, 0.3) is 0 Å². The van der Waals surface area contributed by atoms with Crippen LogP contribution in [0.5, 0.6) is 0 Å². The fourth-order valence-electron chi connectivity index (χ4n) is 3.22. The average molecular weight is 297 g/mol. The van der Waals surface area contributed by atoms with Crippen LogP contribution in [0.1, 0.15) is 66.2 Å². The van der Waals surface area contributed by atoms with Gasteiger partial charge in [-0.25, -0.2) is 0 Å². The number of aliphatic imine (C=N–C) groups is 1. The molecule has 124 valence electrons. The Hall–Kier alpha value is -0.770. The van der Waals surface area contributed by atoms with E-state index in [1.807, 2.05) is 7.05 Å². The fourth-order valence-corrected chi connectivity index (χ4v) is 3.22. The van der Waals surface area contributed by atoms with Crippen molar-refractivity contribution >= 4 is 5.96 Å². The molecule has 1 aliphatic carbocycles. The number of nitrogens with zero attached hydrogens (tertiary/aromatic N) is 2. The standard InChI is InChI=1S/C17H36N4/c1-14(2)21(15(3)4)13-9-12-19-17(18-5)20-16-10-7-6-8-11-16/h14-16H,6-13H2,1-5H3,(H2,18,19,20). The molecule has 1 fully saturated rings. The summed E-state index contributed by atoms with van der Waals surface area (Å²) in [5, 5.41) is 7.03. The molecule has 1 rings (SSSR count). The third-order valence-corrected chi connectivity index (χ3v) is 4.38. The van der Waals surface area contributed by atoms with Crippen molar-refractivity contribution in [1.82, 2.24) is 15.5 Å². The highest BCUT2D eigenvalue weighted by atomic mass is 15.2. The summed E-state index contributed by atoms with van der Waals surface area (Å²) in [6.07, 6.45) is 7.83. The Morgan fingerprint density at radius 3 is 2.24 bits per heavy atom. The number of nitrogens with one attached hydrogen (secondary N) is 2. The number of hydrogen-bond acceptors (Lipinski definition) is 2. The second-order valence-corrected chi connectivity index (χ2v) is 6.76. The van der Waals surface area contributed by atoms with E-state index in [1.54, 1.807) is 0 Å². The summed E-state index contributed by atoms with van der Waals surface area (Å²) < 4.78 is 0. The molecule has 0 aromatic carbocycles. The lowest BCUT2D eigenvalue weighted by Gasteiger charge is -2.30. The molecular formula is C17H36N4. The van der Waals surface area contributed by atoms with Gasteiger partial charge in [0, 0.05) is 38.3 Å². The second kappa shape index (κ2) is 10.0. The van der Waals surface area contributed by atoms with Crippen LogP contribution in [0.3, 0.4) is 0 Å². The van der Waals surface area contributed by atoms with Crippen molar-refractivity contribution in [2.75, 3.05) is 20.1 Å². The molecule has 21 heavy (non-hydrogen) atoms. The predicted molar refractivity (Wildman–Crippen MR) is 93.0 cm³/mol. The first-order valence-electron chi connectivity index (χ1n) is 8.77. The quantitative estimate of drug-likeness (QED) is 0.431. The molecule has 0 aliphatic heterocycles. The van der Waals surface area contributed by atoms with Gasteiger partial charge < -0.3 is 10.6 Å². The monoisotopic (exact) mass is 296 g/mol. The Morgan fingerprint density at radius 1 is 1.10 bits per heavy atom. The maximum absolute atomic E-state index is 4.35. The molecule has 0 aromatic heterocycles. The molecule has 4 heteroatoms. The molecule has 0 radical (unpaired) electrons. The zero-order valence-corrected chi connectivity index (χ0v) is 14.8. The Balaban J connectivity index is 2.22. The van der Waals surface area contributed by atoms with Crippen LogP contribution in [-0.2, 0) is 0 Å². The van der Waals surface area contributed by atoms with Gasteiger partial charge in [-0.05, 0) is 47.0 Å². The second-order valence-electron chi connectivity index (χ2n) is 6.76. The summed E-state index contributed by atoms with van der Waals surface area (Å²) in [4.78, 5) is 6.89. The lowest BCUT2D eigenvalue weighted by atomic mass is 9.96. The van der Waals surface area contributed by atoms with Crippen LogP contribution < -0.4 is 10.6 Å². The molecule has 4 nitrogen and oxygen atoms in total. The van der Waals surface area contributed by atoms with E-state index in [0.29, 0.717) is 18.1 Å². The smallest absolute Gasteiger partial charge is 0.191 e. The van der Waals surface area contributed by atoms with E-state index in [9.17, 15) is 0 Å². The van der Waals surface area contributed by atoms with E-state index >= 15 is 0 Å². The Kier molecular flexibility index (Phi) is 8.74. The van der Waals surface area contributed by atoms with Crippen molar-refractivity contribution in [1.29, 1.82) is 0 Å². The minimum Gasteiger partial charge on any atom is -0.356 e. The van der Waals surface area contributed by atoms with Gasteiger partial charge >= 0.3 is 0 Å². The molecule has 0 unspecified atom stereocenters. The minimum absolute atomic E-state index is 0.615. The van der Waals surface area contributed by atoms with Gasteiger partial charge in [0.1, 0.15) is 0 Å². The minimum atomic E-state index is 0.615. The topological polar surface area (TPSA) is 39.7 Å². The van der Waals surface area contributed by atoms with Crippen molar-refractivity contribution in [3.8, 4) is 0 Å². The van der Waals surface area contributed by atoms with Crippen LogP contribution in [0.15, 0.2) is 4.99 Å². The van der Waals surface area contributed by atoms with Crippen molar-refractivity contribution < 1.29 is 0 Å². The molecule has 0 atom stereocenters. The molecule has 2 N–H and O–H groups in total. The molecule has 1 saturated carbocycles. The van der Waals surface area contributed by atoms with Crippen molar-refractivity contribution in [2.24, 2.45) is 4.99 Å². The fraction of sp³-hybridized carbons (Fsp3) is 0.941. The molecule has 0 aromatic rings. The van der Waals surface area contributed by atoms with Crippen molar-refractivity contribution in [3.05, 3.63) is 0 Å². The van der Waals surface area contributed by atoms with Crippen molar-refractivity contribution in [2.45, 2.75) is 84.3 Å². The summed E-state index contributed by atoms with van der Waals surface area (Å²) >= 11 is 0. The highest BCUT2D eigenvalue weighted by Crippen LogP contribution is 2.17. The Labute approximate surface area is 131 Å². The van der Waals surface area contributed by atoms with Crippen molar-refractivity contribution in [3.63, 3.8) is 0 Å². The van der Waals surface area contributed by atoms with Crippen LogP contribution in [0, 0.1) is 0 Å². The predicted octanol–water partition coefficient (Wildman–Crippen LogP) is 2.99. The van der Waals surface area contributed by atoms with Gasteiger partial charge in [0.05, 0.1) is 0 Å². The summed E-state index contributed by atoms with van der Waals surface area (Å²) in [5.74, 6) is 0.975. The number of guanidine groups is 1. The van der Waals surface area contributed by atoms with Gasteiger partial charge in [0.2, 0.25) is 0 Å². The van der Waals surface area contributed by atoms with Crippen LogP contribution >= 0.6 is 0 Å². The van der Waals surface area contributed by atoms with E-state index in [2.05, 4.69) is 48.2 Å². The summed E-state index contributed by atoms with van der Waals surface area (Å²) in [6.45, 7) is 11.2. The average Bonchev–Trinajstić information content (AvgIpc) is 2.46. The largest absolute Gasteiger partial charge is 0.356 e. The van der Waals surface area contributed by atoms with Gasteiger partial charge in [-0.1, -0.05) is 19.3 Å². The highest BCUT2D eigenvalue weighted by Gasteiger charge is 2.15. The third-order valence-electron chi connectivity index (χ3n) is 4.38. The van der Waals surface area contributed by atoms with Crippen LogP contribution in [0.2, 0.25) is 0 Å². The zero-order valence-electron chi connectivity index (χ0n) is 14.8. The molecule has 0 heterocycles. The summed E-state index contributed by atoms with van der Waals surface area (Å²) in [6, 6.07) is 1.85. The van der Waals surface area contributed by atoms with Crippen LogP contribution in [0.4, 0.5) is 0 Å². The van der Waals surface area contributed by atoms with E-state index in [1.165, 1.54) is 32.1 Å². The summed E-state index contributed by atoms with van der Waals surface area (Å²) in [7, 11) is 1.87. The van der Waals surface area contributed by atoms with Gasteiger partial charge in [-0.15, -0.1) is 0 Å². The SMILES string of the molecule is CN=C(NCCCN(C(C)C)C(C)C)NC1CCCCC1. The number of hydrogen-bond donors (Lipinski definition) is 2. The Bertz CT molecular complexity index is 285. The molecule has 0 amide bonds. The van der Waals surface area contributed by atoms with E-state index in [0.717, 1.165) is 25.5 Å². The molecule has 0 bridgehead atoms. The highest BCUT2D eigenvalue weighted by molar-refractivity contribution is 5.79. The third kappa shape index (κ3) is 7.16. The molecular weight excluding hydrogens is 260 g/mol. The van der Waals surface area contributed by atoms with E-state index in [-0.39, 0.29) is 0 Å². The van der Waals surface area contributed by atoms with Gasteiger partial charge in [0.15, 0.2) is 5.96 Å². The molecule has 1 aliphatic rings. The first-order valence-corrected chi connectivity index (χ1v) is 8.77. The molecule has 0 spiro atoms. The van der Waals surface area contributed by atoms with Gasteiger partial charge in [-0.2, -0.15) is 0 Å². The number of rotatable bonds is 7. The first kappa shape index (κ1) is 18.3. The normalized spacial score (nSPS) is 17.8. The summed E-state index contributed by atoms with van der Waals surface area (Å²) in [5.41, 5.74) is 0. The Morgan fingerprint density at radius 2 is 1.71 bits per heavy atom. The van der Waals surface area contributed by atoms with E-state index < -0.39 is 0 Å². The maximum atomic E-state index is 4.35. The molecule has 0 saturated heterocycles. The van der Waals surface area contributed by atoms with E-state index in [4.69, 9.17) is 0 Å².